The van der Waals surface area contributed by atoms with Crippen molar-refractivity contribution >= 4 is 34.8 Å². The molecule has 1 aliphatic heterocycles. The fraction of sp³-hybridized carbons (Fsp3) is 0.312. The number of piperazine rings is 1. The van der Waals surface area contributed by atoms with Crippen LogP contribution in [0.3, 0.4) is 0 Å². The third-order valence-electron chi connectivity index (χ3n) is 4.21. The van der Waals surface area contributed by atoms with Crippen LogP contribution in [0, 0.1) is 0 Å². The Hall–Kier alpha value is -2.26. The number of carbonyl (C=O) groups is 1. The fourth-order valence-corrected chi connectivity index (χ4v) is 3.30. The van der Waals surface area contributed by atoms with Crippen LogP contribution in [0.25, 0.3) is 0 Å². The third kappa shape index (κ3) is 4.03. The van der Waals surface area contributed by atoms with Crippen LogP contribution in [-0.2, 0) is 17.5 Å². The van der Waals surface area contributed by atoms with E-state index >= 15 is 0 Å². The topological polar surface area (TPSA) is 69.3 Å². The lowest BCUT2D eigenvalue weighted by Crippen LogP contribution is -2.50. The Balaban J connectivity index is 1.80. The maximum absolute atomic E-state index is 13.2. The van der Waals surface area contributed by atoms with E-state index < -0.39 is 23.2 Å². The van der Waals surface area contributed by atoms with Crippen molar-refractivity contribution in [3.63, 3.8) is 0 Å². The molecule has 0 bridgehead atoms. The van der Waals surface area contributed by atoms with Crippen molar-refractivity contribution in [2.24, 2.45) is 0 Å². The molecule has 0 spiro atoms. The highest BCUT2D eigenvalue weighted by Crippen LogP contribution is 2.36. The van der Waals surface area contributed by atoms with Crippen molar-refractivity contribution in [2.75, 3.05) is 24.5 Å². The SMILES string of the molecule is O=C1CN(c2cn[nH]c(=O)c2Cl)CCN1Cc1c(Cl)cccc1C(F)(F)F. The predicted octanol–water partition coefficient (Wildman–Crippen LogP) is 2.94. The first kappa shape index (κ1) is 19.5. The second-order valence-electron chi connectivity index (χ2n) is 5.90. The Morgan fingerprint density at radius 2 is 1.93 bits per heavy atom. The van der Waals surface area contributed by atoms with Crippen LogP contribution in [-0.4, -0.2) is 40.6 Å². The van der Waals surface area contributed by atoms with Crippen LogP contribution >= 0.6 is 23.2 Å². The van der Waals surface area contributed by atoms with Crippen molar-refractivity contribution in [3.05, 3.63) is 55.9 Å². The van der Waals surface area contributed by atoms with Gasteiger partial charge in [-0.1, -0.05) is 29.3 Å². The molecule has 1 N–H and O–H groups in total. The summed E-state index contributed by atoms with van der Waals surface area (Å²) in [5, 5.41) is 5.67. The van der Waals surface area contributed by atoms with Gasteiger partial charge in [0.05, 0.1) is 24.0 Å². The lowest BCUT2D eigenvalue weighted by Gasteiger charge is -2.36. The number of carbonyl (C=O) groups excluding carboxylic acids is 1. The first-order chi connectivity index (χ1) is 12.7. The Bertz CT molecular complexity index is 933. The summed E-state index contributed by atoms with van der Waals surface area (Å²) < 4.78 is 39.7. The average Bonchev–Trinajstić information content (AvgIpc) is 2.59. The Kier molecular flexibility index (Phi) is 5.34. The summed E-state index contributed by atoms with van der Waals surface area (Å²) in [6.07, 6.45) is -3.25. The molecule has 2 aromatic rings. The van der Waals surface area contributed by atoms with Crippen molar-refractivity contribution in [1.82, 2.24) is 15.1 Å². The number of nitrogens with zero attached hydrogens (tertiary/aromatic N) is 3. The van der Waals surface area contributed by atoms with E-state index in [1.54, 1.807) is 4.90 Å². The zero-order chi connectivity index (χ0) is 19.8. The van der Waals surface area contributed by atoms with E-state index in [4.69, 9.17) is 23.2 Å². The summed E-state index contributed by atoms with van der Waals surface area (Å²) in [7, 11) is 0. The number of H-pyrrole nitrogens is 1. The van der Waals surface area contributed by atoms with Crippen molar-refractivity contribution in [3.8, 4) is 0 Å². The standard InChI is InChI=1S/C16H13Cl2F3N4O2/c17-11-3-1-2-10(16(19,20)21)9(11)7-25-5-4-24(8-13(25)26)12-6-22-23-15(27)14(12)18/h1-3,6H,4-5,7-8H2,(H,23,27). The molecule has 3 rings (SSSR count). The number of amides is 1. The monoisotopic (exact) mass is 420 g/mol. The molecule has 11 heteroatoms. The molecule has 0 atom stereocenters. The van der Waals surface area contributed by atoms with E-state index in [2.05, 4.69) is 10.2 Å². The molecule has 144 valence electrons. The lowest BCUT2D eigenvalue weighted by molar-refractivity contribution is -0.140. The maximum Gasteiger partial charge on any atom is 0.416 e. The van der Waals surface area contributed by atoms with Crippen LogP contribution in [0.4, 0.5) is 18.9 Å². The Morgan fingerprint density at radius 3 is 2.59 bits per heavy atom. The van der Waals surface area contributed by atoms with E-state index in [1.807, 2.05) is 0 Å². The highest BCUT2D eigenvalue weighted by molar-refractivity contribution is 6.33. The molecule has 27 heavy (non-hydrogen) atoms. The Morgan fingerprint density at radius 1 is 1.19 bits per heavy atom. The van der Waals surface area contributed by atoms with Gasteiger partial charge in [-0.05, 0) is 12.1 Å². The summed E-state index contributed by atoms with van der Waals surface area (Å²) in [6, 6.07) is 3.51. The molecule has 0 saturated carbocycles. The number of hydrogen-bond acceptors (Lipinski definition) is 4. The molecule has 1 aromatic heterocycles. The highest BCUT2D eigenvalue weighted by Gasteiger charge is 2.35. The van der Waals surface area contributed by atoms with Crippen molar-refractivity contribution < 1.29 is 18.0 Å². The molecule has 1 amide bonds. The minimum atomic E-state index is -4.57. The average molecular weight is 421 g/mol. The third-order valence-corrected chi connectivity index (χ3v) is 4.93. The van der Waals surface area contributed by atoms with Gasteiger partial charge in [0, 0.05) is 30.2 Å². The van der Waals surface area contributed by atoms with E-state index in [9.17, 15) is 22.8 Å². The van der Waals surface area contributed by atoms with Gasteiger partial charge < -0.3 is 9.80 Å². The number of hydrogen-bond donors (Lipinski definition) is 1. The minimum absolute atomic E-state index is 0.0538. The summed E-state index contributed by atoms with van der Waals surface area (Å²) in [4.78, 5) is 26.9. The van der Waals surface area contributed by atoms with Gasteiger partial charge in [0.25, 0.3) is 5.56 Å². The lowest BCUT2D eigenvalue weighted by atomic mass is 10.1. The number of halogens is 5. The first-order valence-electron chi connectivity index (χ1n) is 7.79. The quantitative estimate of drug-likeness (QED) is 0.828. The number of anilines is 1. The van der Waals surface area contributed by atoms with Crippen LogP contribution in [0.5, 0.6) is 0 Å². The second-order valence-corrected chi connectivity index (χ2v) is 6.68. The zero-order valence-electron chi connectivity index (χ0n) is 13.7. The van der Waals surface area contributed by atoms with Crippen LogP contribution < -0.4 is 10.5 Å². The second kappa shape index (κ2) is 7.40. The molecule has 0 aliphatic carbocycles. The number of rotatable bonds is 3. The van der Waals surface area contributed by atoms with Crippen molar-refractivity contribution in [2.45, 2.75) is 12.7 Å². The zero-order valence-corrected chi connectivity index (χ0v) is 15.2. The number of nitrogens with one attached hydrogen (secondary N) is 1. The number of aromatic amines is 1. The van der Waals surface area contributed by atoms with E-state index in [-0.39, 0.29) is 41.8 Å². The minimum Gasteiger partial charge on any atom is -0.358 e. The number of alkyl halides is 3. The number of benzene rings is 1. The van der Waals surface area contributed by atoms with E-state index in [0.29, 0.717) is 5.69 Å². The smallest absolute Gasteiger partial charge is 0.358 e. The van der Waals surface area contributed by atoms with Crippen LogP contribution in [0.1, 0.15) is 11.1 Å². The van der Waals surface area contributed by atoms with Gasteiger partial charge in [0.15, 0.2) is 0 Å². The molecule has 1 aromatic carbocycles. The van der Waals surface area contributed by atoms with Gasteiger partial charge in [-0.25, -0.2) is 5.10 Å². The van der Waals surface area contributed by atoms with Gasteiger partial charge in [0.1, 0.15) is 5.02 Å². The molecule has 0 radical (unpaired) electrons. The summed E-state index contributed by atoms with van der Waals surface area (Å²) >= 11 is 11.9. The van der Waals surface area contributed by atoms with Gasteiger partial charge in [0.2, 0.25) is 5.91 Å². The molecule has 2 heterocycles. The molecule has 0 unspecified atom stereocenters. The summed E-state index contributed by atoms with van der Waals surface area (Å²) in [5.74, 6) is -0.411. The summed E-state index contributed by atoms with van der Waals surface area (Å²) in [5.41, 5.74) is -1.31. The van der Waals surface area contributed by atoms with Gasteiger partial charge in [-0.3, -0.25) is 9.59 Å². The van der Waals surface area contributed by atoms with Gasteiger partial charge >= 0.3 is 6.18 Å². The fourth-order valence-electron chi connectivity index (χ4n) is 2.85. The van der Waals surface area contributed by atoms with Gasteiger partial charge in [-0.2, -0.15) is 18.3 Å². The Labute approximate surface area is 161 Å². The van der Waals surface area contributed by atoms with Gasteiger partial charge in [-0.15, -0.1) is 0 Å². The normalized spacial score (nSPS) is 15.4. The molecular weight excluding hydrogens is 408 g/mol. The predicted molar refractivity (Wildman–Crippen MR) is 94.0 cm³/mol. The molecule has 1 saturated heterocycles. The molecule has 1 aliphatic rings. The molecular formula is C16H13Cl2F3N4O2. The summed E-state index contributed by atoms with van der Waals surface area (Å²) in [6.45, 7) is 0.0199. The molecule has 1 fully saturated rings. The van der Waals surface area contributed by atoms with E-state index in [0.717, 1.165) is 6.07 Å². The van der Waals surface area contributed by atoms with E-state index in [1.165, 1.54) is 23.2 Å². The van der Waals surface area contributed by atoms with Crippen LogP contribution in [0.2, 0.25) is 10.0 Å². The molecule has 6 nitrogen and oxygen atoms in total. The number of aromatic nitrogens is 2. The first-order valence-corrected chi connectivity index (χ1v) is 8.54. The highest BCUT2D eigenvalue weighted by atomic mass is 35.5. The van der Waals surface area contributed by atoms with Crippen molar-refractivity contribution in [1.29, 1.82) is 0 Å². The largest absolute Gasteiger partial charge is 0.416 e. The van der Waals surface area contributed by atoms with Crippen LogP contribution in [0.15, 0.2) is 29.2 Å². The maximum atomic E-state index is 13.2.